The second-order valence-corrected chi connectivity index (χ2v) is 6.48. The van der Waals surface area contributed by atoms with E-state index in [0.29, 0.717) is 28.4 Å². The van der Waals surface area contributed by atoms with Crippen molar-refractivity contribution in [1.29, 1.82) is 0 Å². The molecule has 4 rings (SSSR count). The van der Waals surface area contributed by atoms with E-state index in [1.807, 2.05) is 0 Å². The van der Waals surface area contributed by atoms with Crippen LogP contribution in [0.1, 0.15) is 24.0 Å². The maximum absolute atomic E-state index is 12.5. The molecule has 0 bridgehead atoms. The second kappa shape index (κ2) is 7.38. The highest BCUT2D eigenvalue weighted by Crippen LogP contribution is 2.46. The van der Waals surface area contributed by atoms with Gasteiger partial charge in [-0.05, 0) is 23.8 Å². The standard InChI is InChI=1S/C21H18O8/c1-11(22)29-16-8-18-17(27-10-28-18)7-14(16)19(20-15(23)9-26-21(20)24)12-4-3-5-13(6-12)25-2/h3-8,19,23H,9-10H2,1-2H3. The number of rotatable bonds is 5. The van der Waals surface area contributed by atoms with Crippen molar-refractivity contribution in [3.8, 4) is 23.0 Å². The van der Waals surface area contributed by atoms with Crippen LogP contribution >= 0.6 is 0 Å². The molecule has 1 unspecified atom stereocenters. The zero-order chi connectivity index (χ0) is 20.5. The van der Waals surface area contributed by atoms with Gasteiger partial charge in [-0.25, -0.2) is 4.79 Å². The molecule has 0 spiro atoms. The number of hydrogen-bond acceptors (Lipinski definition) is 8. The third kappa shape index (κ3) is 3.44. The summed E-state index contributed by atoms with van der Waals surface area (Å²) in [5.41, 5.74) is 1.14. The minimum Gasteiger partial charge on any atom is -0.508 e. The monoisotopic (exact) mass is 398 g/mol. The lowest BCUT2D eigenvalue weighted by Gasteiger charge is -2.21. The third-order valence-electron chi connectivity index (χ3n) is 4.66. The van der Waals surface area contributed by atoms with E-state index in [-0.39, 0.29) is 30.5 Å². The number of carbonyl (C=O) groups is 2. The molecular formula is C21H18O8. The van der Waals surface area contributed by atoms with E-state index < -0.39 is 17.9 Å². The number of esters is 2. The summed E-state index contributed by atoms with van der Waals surface area (Å²) in [6, 6.07) is 10.2. The summed E-state index contributed by atoms with van der Waals surface area (Å²) in [6.07, 6.45) is 0. The van der Waals surface area contributed by atoms with Crippen molar-refractivity contribution in [3.63, 3.8) is 0 Å². The van der Waals surface area contributed by atoms with Gasteiger partial charge in [-0.3, -0.25) is 4.79 Å². The summed E-state index contributed by atoms with van der Waals surface area (Å²) in [5, 5.41) is 10.4. The first kappa shape index (κ1) is 18.7. The van der Waals surface area contributed by atoms with E-state index in [4.69, 9.17) is 23.7 Å². The Morgan fingerprint density at radius 3 is 2.55 bits per heavy atom. The molecule has 0 saturated carbocycles. The minimum atomic E-state index is -0.788. The number of benzene rings is 2. The highest BCUT2D eigenvalue weighted by molar-refractivity contribution is 5.94. The van der Waals surface area contributed by atoms with Gasteiger partial charge in [0.25, 0.3) is 0 Å². The molecule has 0 aliphatic carbocycles. The smallest absolute Gasteiger partial charge is 0.338 e. The quantitative estimate of drug-likeness (QED) is 0.606. The van der Waals surface area contributed by atoms with Gasteiger partial charge in [-0.15, -0.1) is 0 Å². The molecule has 2 heterocycles. The van der Waals surface area contributed by atoms with Crippen molar-refractivity contribution < 1.29 is 38.4 Å². The molecule has 2 aromatic carbocycles. The van der Waals surface area contributed by atoms with Crippen molar-refractivity contribution >= 4 is 11.9 Å². The van der Waals surface area contributed by atoms with Gasteiger partial charge < -0.3 is 28.8 Å². The molecule has 0 amide bonds. The molecule has 8 nitrogen and oxygen atoms in total. The number of aliphatic hydroxyl groups is 1. The molecule has 0 aromatic heterocycles. The Kier molecular flexibility index (Phi) is 4.75. The normalized spacial score (nSPS) is 15.9. The van der Waals surface area contributed by atoms with Crippen molar-refractivity contribution in [1.82, 2.24) is 0 Å². The molecule has 0 radical (unpaired) electrons. The maximum atomic E-state index is 12.5. The average Bonchev–Trinajstić information content (AvgIpc) is 3.29. The Bertz CT molecular complexity index is 1020. The zero-order valence-corrected chi connectivity index (χ0v) is 15.8. The van der Waals surface area contributed by atoms with E-state index in [9.17, 15) is 14.7 Å². The molecule has 0 saturated heterocycles. The van der Waals surface area contributed by atoms with Crippen LogP contribution in [-0.4, -0.2) is 37.6 Å². The average molecular weight is 398 g/mol. The van der Waals surface area contributed by atoms with E-state index in [2.05, 4.69) is 0 Å². The molecule has 2 aliphatic heterocycles. The van der Waals surface area contributed by atoms with Gasteiger partial charge in [0.15, 0.2) is 11.5 Å². The van der Waals surface area contributed by atoms with E-state index in [1.54, 1.807) is 30.3 Å². The van der Waals surface area contributed by atoms with Crippen LogP contribution < -0.4 is 18.9 Å². The van der Waals surface area contributed by atoms with Crippen molar-refractivity contribution in [3.05, 3.63) is 58.9 Å². The van der Waals surface area contributed by atoms with Crippen LogP contribution in [0, 0.1) is 0 Å². The van der Waals surface area contributed by atoms with Gasteiger partial charge in [0.1, 0.15) is 23.9 Å². The van der Waals surface area contributed by atoms with Crippen LogP contribution in [-0.2, 0) is 14.3 Å². The first-order valence-corrected chi connectivity index (χ1v) is 8.83. The first-order chi connectivity index (χ1) is 14.0. The molecule has 29 heavy (non-hydrogen) atoms. The van der Waals surface area contributed by atoms with Crippen LogP contribution in [0.3, 0.4) is 0 Å². The highest BCUT2D eigenvalue weighted by atomic mass is 16.7. The Labute approximate surface area is 166 Å². The predicted molar refractivity (Wildman–Crippen MR) is 99.3 cm³/mol. The maximum Gasteiger partial charge on any atom is 0.338 e. The highest BCUT2D eigenvalue weighted by Gasteiger charge is 2.37. The number of carbonyl (C=O) groups excluding carboxylic acids is 2. The topological polar surface area (TPSA) is 101 Å². The van der Waals surface area contributed by atoms with Gasteiger partial charge in [0.2, 0.25) is 6.79 Å². The van der Waals surface area contributed by atoms with Gasteiger partial charge in [-0.1, -0.05) is 12.1 Å². The van der Waals surface area contributed by atoms with Crippen molar-refractivity contribution in [2.75, 3.05) is 20.5 Å². The Morgan fingerprint density at radius 1 is 1.14 bits per heavy atom. The number of fused-ring (bicyclic) bond motifs is 1. The second-order valence-electron chi connectivity index (χ2n) is 6.48. The molecule has 1 atom stereocenters. The summed E-state index contributed by atoms with van der Waals surface area (Å²) < 4.78 is 26.6. The zero-order valence-electron chi connectivity index (χ0n) is 15.8. The van der Waals surface area contributed by atoms with Gasteiger partial charge in [0.05, 0.1) is 12.7 Å². The largest absolute Gasteiger partial charge is 0.508 e. The molecule has 8 heteroatoms. The molecule has 1 N–H and O–H groups in total. The van der Waals surface area contributed by atoms with Crippen LogP contribution in [0.4, 0.5) is 0 Å². The fraction of sp³-hybridized carbons (Fsp3) is 0.238. The van der Waals surface area contributed by atoms with Crippen LogP contribution in [0.5, 0.6) is 23.0 Å². The van der Waals surface area contributed by atoms with Crippen molar-refractivity contribution in [2.24, 2.45) is 0 Å². The number of cyclic esters (lactones) is 1. The number of ether oxygens (including phenoxy) is 5. The fourth-order valence-electron chi connectivity index (χ4n) is 3.42. The Morgan fingerprint density at radius 2 is 1.90 bits per heavy atom. The summed E-state index contributed by atoms with van der Waals surface area (Å²) in [4.78, 5) is 24.2. The van der Waals surface area contributed by atoms with Gasteiger partial charge in [-0.2, -0.15) is 0 Å². The third-order valence-corrected chi connectivity index (χ3v) is 4.66. The molecule has 2 aromatic rings. The fourth-order valence-corrected chi connectivity index (χ4v) is 3.42. The summed E-state index contributed by atoms with van der Waals surface area (Å²) in [5.74, 6) is -0.554. The lowest BCUT2D eigenvalue weighted by molar-refractivity contribution is -0.136. The van der Waals surface area contributed by atoms with Crippen LogP contribution in [0.2, 0.25) is 0 Å². The number of methoxy groups -OCH3 is 1. The van der Waals surface area contributed by atoms with E-state index in [0.717, 1.165) is 0 Å². The molecule has 2 aliphatic rings. The summed E-state index contributed by atoms with van der Waals surface area (Å²) in [6.45, 7) is 1.08. The minimum absolute atomic E-state index is 0.0259. The number of hydrogen-bond donors (Lipinski definition) is 1. The Hall–Kier alpha value is -3.68. The first-order valence-electron chi connectivity index (χ1n) is 8.83. The molecule has 0 fully saturated rings. The SMILES string of the molecule is COc1cccc(C(C2=C(O)COC2=O)c2cc3c(cc2OC(C)=O)OCO3)c1. The predicted octanol–water partition coefficient (Wildman–Crippen LogP) is 2.85. The van der Waals surface area contributed by atoms with E-state index >= 15 is 0 Å². The lowest BCUT2D eigenvalue weighted by Crippen LogP contribution is -2.14. The molecule has 150 valence electrons. The Balaban J connectivity index is 1.95. The summed E-state index contributed by atoms with van der Waals surface area (Å²) in [7, 11) is 1.53. The lowest BCUT2D eigenvalue weighted by atomic mass is 9.83. The van der Waals surface area contributed by atoms with Gasteiger partial charge in [0, 0.05) is 24.5 Å². The number of aliphatic hydroxyl groups excluding tert-OH is 1. The van der Waals surface area contributed by atoms with Crippen LogP contribution in [0.25, 0.3) is 0 Å². The summed E-state index contributed by atoms with van der Waals surface area (Å²) >= 11 is 0. The van der Waals surface area contributed by atoms with Crippen molar-refractivity contribution in [2.45, 2.75) is 12.8 Å². The van der Waals surface area contributed by atoms with Gasteiger partial charge >= 0.3 is 11.9 Å². The molecular weight excluding hydrogens is 380 g/mol. The van der Waals surface area contributed by atoms with Crippen LogP contribution in [0.15, 0.2) is 47.7 Å². The van der Waals surface area contributed by atoms with E-state index in [1.165, 1.54) is 20.1 Å².